The van der Waals surface area contributed by atoms with E-state index in [1.54, 1.807) is 11.8 Å². The molecule has 0 heterocycles. The lowest BCUT2D eigenvalue weighted by Gasteiger charge is -2.29. The van der Waals surface area contributed by atoms with Crippen LogP contribution in [0.1, 0.15) is 45.7 Å². The van der Waals surface area contributed by atoms with Gasteiger partial charge in [0.05, 0.1) is 5.60 Å². The number of hydrogen-bond acceptors (Lipinski definition) is 2. The molecule has 0 aromatic heterocycles. The summed E-state index contributed by atoms with van der Waals surface area (Å²) in [5.74, 6) is 0. The Morgan fingerprint density at radius 2 is 1.36 bits per heavy atom. The van der Waals surface area contributed by atoms with Crippen LogP contribution in [0.2, 0.25) is 0 Å². The van der Waals surface area contributed by atoms with Gasteiger partial charge in [0.2, 0.25) is 0 Å². The summed E-state index contributed by atoms with van der Waals surface area (Å²) < 4.78 is 0. The minimum Gasteiger partial charge on any atom is -0.386 e. The fourth-order valence-corrected chi connectivity index (χ4v) is 3.77. The first-order valence-electron chi connectivity index (χ1n) is 7.65. The van der Waals surface area contributed by atoms with E-state index in [4.69, 9.17) is 0 Å². The Bertz CT molecular complexity index is 611. The topological polar surface area (TPSA) is 20.2 Å². The summed E-state index contributed by atoms with van der Waals surface area (Å²) in [7, 11) is 0. The van der Waals surface area contributed by atoms with Crippen molar-refractivity contribution in [1.82, 2.24) is 0 Å². The van der Waals surface area contributed by atoms with Crippen molar-refractivity contribution < 1.29 is 5.11 Å². The van der Waals surface area contributed by atoms with Gasteiger partial charge in [-0.25, -0.2) is 0 Å². The first-order valence-corrected chi connectivity index (χ1v) is 8.88. The van der Waals surface area contributed by atoms with E-state index < -0.39 is 5.60 Å². The van der Waals surface area contributed by atoms with Gasteiger partial charge in [0.15, 0.2) is 0 Å². The lowest BCUT2D eigenvalue weighted by molar-refractivity contribution is 0.0755. The van der Waals surface area contributed by atoms with Gasteiger partial charge in [0, 0.05) is 4.90 Å². The molecular formula is C20H26OS. The van der Waals surface area contributed by atoms with Crippen LogP contribution < -0.4 is 0 Å². The first kappa shape index (κ1) is 17.1. The molecule has 22 heavy (non-hydrogen) atoms. The van der Waals surface area contributed by atoms with E-state index in [1.165, 1.54) is 21.6 Å². The van der Waals surface area contributed by atoms with Crippen LogP contribution in [0.5, 0.6) is 0 Å². The van der Waals surface area contributed by atoms with Gasteiger partial charge in [0.1, 0.15) is 0 Å². The molecule has 0 atom stereocenters. The van der Waals surface area contributed by atoms with Gasteiger partial charge in [-0.3, -0.25) is 0 Å². The molecule has 0 aliphatic rings. The first-order chi connectivity index (χ1) is 10.1. The van der Waals surface area contributed by atoms with Crippen molar-refractivity contribution in [2.75, 3.05) is 6.26 Å². The van der Waals surface area contributed by atoms with Crippen LogP contribution in [-0.4, -0.2) is 11.4 Å². The van der Waals surface area contributed by atoms with E-state index in [2.05, 4.69) is 63.4 Å². The molecule has 0 aliphatic heterocycles. The third kappa shape index (κ3) is 3.56. The highest BCUT2D eigenvalue weighted by Crippen LogP contribution is 2.41. The van der Waals surface area contributed by atoms with E-state index in [-0.39, 0.29) is 5.41 Å². The maximum Gasteiger partial charge on any atom is 0.0851 e. The Hall–Kier alpha value is -1.25. The molecule has 0 spiro atoms. The number of aliphatic hydroxyl groups is 1. The summed E-state index contributed by atoms with van der Waals surface area (Å²) in [5.41, 5.74) is 3.82. The highest BCUT2D eigenvalue weighted by molar-refractivity contribution is 7.98. The molecule has 0 saturated heterocycles. The number of thioether (sulfide) groups is 1. The molecule has 0 radical (unpaired) electrons. The third-order valence-corrected chi connectivity index (χ3v) is 4.72. The average Bonchev–Trinajstić information content (AvgIpc) is 2.45. The molecule has 1 nitrogen and oxygen atoms in total. The van der Waals surface area contributed by atoms with Gasteiger partial charge in [-0.1, -0.05) is 51.1 Å². The van der Waals surface area contributed by atoms with Crippen LogP contribution in [0.15, 0.2) is 47.4 Å². The zero-order chi connectivity index (χ0) is 16.5. The van der Waals surface area contributed by atoms with Crippen molar-refractivity contribution in [3.63, 3.8) is 0 Å². The largest absolute Gasteiger partial charge is 0.386 e. The van der Waals surface area contributed by atoms with Crippen LogP contribution in [-0.2, 0) is 11.0 Å². The predicted octanol–water partition coefficient (Wildman–Crippen LogP) is 5.60. The third-order valence-electron chi connectivity index (χ3n) is 3.87. The Balaban J connectivity index is 2.79. The smallest absolute Gasteiger partial charge is 0.0851 e. The fraction of sp³-hybridized carbons (Fsp3) is 0.400. The molecule has 0 bridgehead atoms. The van der Waals surface area contributed by atoms with Gasteiger partial charge in [0.25, 0.3) is 0 Å². The molecule has 0 amide bonds. The van der Waals surface area contributed by atoms with Gasteiger partial charge >= 0.3 is 0 Å². The van der Waals surface area contributed by atoms with Gasteiger partial charge in [-0.15, -0.1) is 11.8 Å². The summed E-state index contributed by atoms with van der Waals surface area (Å²) in [6.07, 6.45) is 2.09. The van der Waals surface area contributed by atoms with E-state index in [9.17, 15) is 5.11 Å². The van der Waals surface area contributed by atoms with Crippen molar-refractivity contribution in [2.45, 2.75) is 50.5 Å². The molecule has 2 aromatic rings. The zero-order valence-corrected chi connectivity index (χ0v) is 15.2. The van der Waals surface area contributed by atoms with Crippen LogP contribution in [0.25, 0.3) is 11.1 Å². The molecule has 2 aromatic carbocycles. The van der Waals surface area contributed by atoms with E-state index >= 15 is 0 Å². The summed E-state index contributed by atoms with van der Waals surface area (Å²) in [6, 6.07) is 14.8. The van der Waals surface area contributed by atoms with Crippen molar-refractivity contribution in [1.29, 1.82) is 0 Å². The van der Waals surface area contributed by atoms with Gasteiger partial charge < -0.3 is 5.11 Å². The standard InChI is InChI=1S/C20H26OS/c1-19(2,3)16-12-15(14-10-8-7-9-11-14)13-17(18(16)22-6)20(4,5)21/h7-13,21H,1-6H3. The second kappa shape index (κ2) is 6.10. The van der Waals surface area contributed by atoms with Crippen LogP contribution in [0, 0.1) is 0 Å². The lowest BCUT2D eigenvalue weighted by Crippen LogP contribution is -2.21. The highest BCUT2D eigenvalue weighted by Gasteiger charge is 2.27. The Morgan fingerprint density at radius 3 is 1.82 bits per heavy atom. The second-order valence-corrected chi connectivity index (χ2v) is 8.10. The van der Waals surface area contributed by atoms with Crippen LogP contribution in [0.3, 0.4) is 0 Å². The molecule has 1 N–H and O–H groups in total. The second-order valence-electron chi connectivity index (χ2n) is 7.28. The Labute approximate surface area is 138 Å². The minimum absolute atomic E-state index is 0.0309. The minimum atomic E-state index is -0.858. The molecule has 2 rings (SSSR count). The number of benzene rings is 2. The monoisotopic (exact) mass is 314 g/mol. The Kier molecular flexibility index (Phi) is 4.74. The fourth-order valence-electron chi connectivity index (χ4n) is 2.66. The van der Waals surface area contributed by atoms with E-state index in [0.717, 1.165) is 5.56 Å². The normalized spacial score (nSPS) is 12.5. The van der Waals surface area contributed by atoms with Crippen molar-refractivity contribution in [3.05, 3.63) is 53.6 Å². The molecular weight excluding hydrogens is 288 g/mol. The van der Waals surface area contributed by atoms with Crippen molar-refractivity contribution in [2.24, 2.45) is 0 Å². The molecule has 2 heteroatoms. The SMILES string of the molecule is CSc1c(C(C)(C)C)cc(-c2ccccc2)cc1C(C)(C)O. The maximum atomic E-state index is 10.6. The maximum absolute atomic E-state index is 10.6. The van der Waals surface area contributed by atoms with Gasteiger partial charge in [-0.2, -0.15) is 0 Å². The van der Waals surface area contributed by atoms with E-state index in [0.29, 0.717) is 0 Å². The average molecular weight is 314 g/mol. The highest BCUT2D eigenvalue weighted by atomic mass is 32.2. The molecule has 0 fully saturated rings. The number of rotatable bonds is 3. The molecule has 118 valence electrons. The summed E-state index contributed by atoms with van der Waals surface area (Å²) in [6.45, 7) is 10.4. The Morgan fingerprint density at radius 1 is 0.818 bits per heavy atom. The van der Waals surface area contributed by atoms with Crippen molar-refractivity contribution >= 4 is 11.8 Å². The summed E-state index contributed by atoms with van der Waals surface area (Å²) in [5, 5.41) is 10.6. The summed E-state index contributed by atoms with van der Waals surface area (Å²) >= 11 is 1.72. The molecule has 0 unspecified atom stereocenters. The quantitative estimate of drug-likeness (QED) is 0.744. The summed E-state index contributed by atoms with van der Waals surface area (Å²) in [4.78, 5) is 1.19. The lowest BCUT2D eigenvalue weighted by atomic mass is 9.81. The predicted molar refractivity (Wildman–Crippen MR) is 97.6 cm³/mol. The molecule has 0 aliphatic carbocycles. The zero-order valence-electron chi connectivity index (χ0n) is 14.4. The van der Waals surface area contributed by atoms with Crippen LogP contribution in [0.4, 0.5) is 0 Å². The van der Waals surface area contributed by atoms with Gasteiger partial charge in [-0.05, 0) is 59.9 Å². The van der Waals surface area contributed by atoms with Crippen LogP contribution >= 0.6 is 11.8 Å². The molecule has 0 saturated carbocycles. The number of hydrogen-bond donors (Lipinski definition) is 1. The van der Waals surface area contributed by atoms with E-state index in [1.807, 2.05) is 19.9 Å². The van der Waals surface area contributed by atoms with Crippen molar-refractivity contribution in [3.8, 4) is 11.1 Å².